The first-order valence-corrected chi connectivity index (χ1v) is 9.56. The lowest BCUT2D eigenvalue weighted by molar-refractivity contribution is 0.531. The Morgan fingerprint density at radius 1 is 1.19 bits per heavy atom. The van der Waals surface area contributed by atoms with Crippen molar-refractivity contribution in [2.75, 3.05) is 17.2 Å². The van der Waals surface area contributed by atoms with Crippen LogP contribution in [0, 0.1) is 0 Å². The summed E-state index contributed by atoms with van der Waals surface area (Å²) in [5, 5.41) is 12.3. The van der Waals surface area contributed by atoms with E-state index in [0.29, 0.717) is 12.5 Å². The van der Waals surface area contributed by atoms with Crippen LogP contribution in [0.25, 0.3) is 11.0 Å². The van der Waals surface area contributed by atoms with E-state index in [9.17, 15) is 0 Å². The molecule has 4 rings (SSSR count). The van der Waals surface area contributed by atoms with Gasteiger partial charge in [-0.3, -0.25) is 4.68 Å². The van der Waals surface area contributed by atoms with E-state index >= 15 is 0 Å². The van der Waals surface area contributed by atoms with Gasteiger partial charge >= 0.3 is 0 Å². The number of nitrogens with one attached hydrogen (secondary N) is 2. The van der Waals surface area contributed by atoms with Gasteiger partial charge in [0.1, 0.15) is 5.82 Å². The minimum Gasteiger partial charge on any atom is -0.364 e. The minimum absolute atomic E-state index is 0.0782. The zero-order valence-corrected chi connectivity index (χ0v) is 15.9. The van der Waals surface area contributed by atoms with Crippen molar-refractivity contribution in [3.05, 3.63) is 42.1 Å². The van der Waals surface area contributed by atoms with Crippen LogP contribution in [0.3, 0.4) is 0 Å². The molecule has 0 amide bonds. The summed E-state index contributed by atoms with van der Waals surface area (Å²) in [5.41, 5.74) is 8.28. The third kappa shape index (κ3) is 3.73. The molecule has 1 unspecified atom stereocenters. The van der Waals surface area contributed by atoms with E-state index in [0.717, 1.165) is 35.3 Å². The second-order valence-electron chi connectivity index (χ2n) is 7.69. The Morgan fingerprint density at radius 3 is 2.67 bits per heavy atom. The molecule has 1 saturated carbocycles. The highest BCUT2D eigenvalue weighted by Gasteiger charge is 2.29. The highest BCUT2D eigenvalue weighted by atomic mass is 15.3. The second kappa shape index (κ2) is 7.15. The summed E-state index contributed by atoms with van der Waals surface area (Å²) in [6.07, 6.45) is 6.64. The summed E-state index contributed by atoms with van der Waals surface area (Å²) in [6.45, 7) is 2.83. The van der Waals surface area contributed by atoms with Crippen molar-refractivity contribution in [1.29, 1.82) is 0 Å². The predicted octanol–water partition coefficient (Wildman–Crippen LogP) is 3.22. The van der Waals surface area contributed by atoms with Crippen molar-refractivity contribution in [2.24, 2.45) is 12.8 Å². The topological polar surface area (TPSA) is 93.7 Å². The van der Waals surface area contributed by atoms with Gasteiger partial charge in [0, 0.05) is 25.2 Å². The Morgan fingerprint density at radius 2 is 1.93 bits per heavy atom. The number of hydrogen-bond acceptors (Lipinski definition) is 6. The Balaban J connectivity index is 1.58. The van der Waals surface area contributed by atoms with E-state index in [1.807, 2.05) is 43.6 Å². The third-order valence-electron chi connectivity index (χ3n) is 5.43. The number of rotatable bonds is 6. The average molecular weight is 365 g/mol. The molecule has 1 atom stereocenters. The fourth-order valence-corrected chi connectivity index (χ4v) is 3.78. The maximum absolute atomic E-state index is 6.31. The van der Waals surface area contributed by atoms with Gasteiger partial charge in [0.05, 0.1) is 11.6 Å². The molecule has 142 valence electrons. The summed E-state index contributed by atoms with van der Waals surface area (Å²) in [6, 6.07) is 9.93. The van der Waals surface area contributed by atoms with Gasteiger partial charge in [-0.25, -0.2) is 0 Å². The van der Waals surface area contributed by atoms with Gasteiger partial charge in [-0.2, -0.15) is 15.1 Å². The van der Waals surface area contributed by atoms with Crippen LogP contribution in [0.1, 0.15) is 44.2 Å². The number of nitrogens with zero attached hydrogens (tertiary/aromatic N) is 4. The smallest absolute Gasteiger partial charge is 0.226 e. The second-order valence-corrected chi connectivity index (χ2v) is 7.69. The van der Waals surface area contributed by atoms with Crippen LogP contribution in [0.4, 0.5) is 11.8 Å². The number of anilines is 2. The van der Waals surface area contributed by atoms with E-state index in [1.54, 1.807) is 4.68 Å². The molecule has 4 N–H and O–H groups in total. The van der Waals surface area contributed by atoms with Crippen LogP contribution in [-0.4, -0.2) is 31.8 Å². The number of aryl methyl sites for hydroxylation is 1. The summed E-state index contributed by atoms with van der Waals surface area (Å²) >= 11 is 0. The molecule has 2 heterocycles. The zero-order chi connectivity index (χ0) is 18.9. The van der Waals surface area contributed by atoms with E-state index in [4.69, 9.17) is 10.7 Å². The van der Waals surface area contributed by atoms with Gasteiger partial charge < -0.3 is 16.4 Å². The molecule has 0 bridgehead atoms. The SMILES string of the molecule is Cn1ncc2c(NC3(C)CCCC3)nc(NCC(N)c3ccccc3)nc21. The van der Waals surface area contributed by atoms with Gasteiger partial charge in [-0.1, -0.05) is 43.2 Å². The molecule has 3 aromatic rings. The van der Waals surface area contributed by atoms with Crippen LogP contribution in [0.2, 0.25) is 0 Å². The first-order valence-electron chi connectivity index (χ1n) is 9.56. The summed E-state index contributed by atoms with van der Waals surface area (Å²) in [5.74, 6) is 1.41. The lowest BCUT2D eigenvalue weighted by atomic mass is 10.0. The molecular weight excluding hydrogens is 338 g/mol. The molecule has 0 radical (unpaired) electrons. The van der Waals surface area contributed by atoms with Crippen molar-refractivity contribution in [3.8, 4) is 0 Å². The molecule has 0 aliphatic heterocycles. The number of benzene rings is 1. The number of hydrogen-bond donors (Lipinski definition) is 3. The maximum atomic E-state index is 6.31. The van der Waals surface area contributed by atoms with Crippen LogP contribution < -0.4 is 16.4 Å². The number of aromatic nitrogens is 4. The van der Waals surface area contributed by atoms with Crippen LogP contribution >= 0.6 is 0 Å². The fourth-order valence-electron chi connectivity index (χ4n) is 3.78. The van der Waals surface area contributed by atoms with Gasteiger partial charge in [-0.05, 0) is 25.3 Å². The van der Waals surface area contributed by atoms with E-state index < -0.39 is 0 Å². The van der Waals surface area contributed by atoms with Gasteiger partial charge in [0.2, 0.25) is 5.95 Å². The predicted molar refractivity (Wildman–Crippen MR) is 109 cm³/mol. The van der Waals surface area contributed by atoms with Crippen molar-refractivity contribution >= 4 is 22.8 Å². The molecule has 0 saturated heterocycles. The van der Waals surface area contributed by atoms with Crippen molar-refractivity contribution in [1.82, 2.24) is 19.7 Å². The normalized spacial score (nSPS) is 17.1. The molecule has 2 aromatic heterocycles. The van der Waals surface area contributed by atoms with Crippen LogP contribution in [0.5, 0.6) is 0 Å². The van der Waals surface area contributed by atoms with Crippen molar-refractivity contribution in [2.45, 2.75) is 44.2 Å². The summed E-state index contributed by atoms with van der Waals surface area (Å²) in [4.78, 5) is 9.39. The molecule has 1 aromatic carbocycles. The Kier molecular flexibility index (Phi) is 4.70. The van der Waals surface area contributed by atoms with Gasteiger partial charge in [-0.15, -0.1) is 0 Å². The number of fused-ring (bicyclic) bond motifs is 1. The Bertz CT molecular complexity index is 913. The zero-order valence-electron chi connectivity index (χ0n) is 15.9. The van der Waals surface area contributed by atoms with Crippen molar-refractivity contribution in [3.63, 3.8) is 0 Å². The standard InChI is InChI=1S/C20H27N7/c1-20(10-6-7-11-20)26-17-15-12-23-27(2)18(15)25-19(24-17)22-13-16(21)14-8-4-3-5-9-14/h3-5,8-9,12,16H,6-7,10-11,13,21H2,1-2H3,(H2,22,24,25,26). The van der Waals surface area contributed by atoms with E-state index in [1.165, 1.54) is 12.8 Å². The van der Waals surface area contributed by atoms with E-state index in [2.05, 4.69) is 27.6 Å². The molecule has 7 nitrogen and oxygen atoms in total. The molecule has 1 fully saturated rings. The lowest BCUT2D eigenvalue weighted by Crippen LogP contribution is -2.31. The first-order chi connectivity index (χ1) is 13.0. The molecule has 0 spiro atoms. The quantitative estimate of drug-likeness (QED) is 0.621. The Hall–Kier alpha value is -2.67. The van der Waals surface area contributed by atoms with Crippen molar-refractivity contribution < 1.29 is 0 Å². The van der Waals surface area contributed by atoms with Crippen LogP contribution in [-0.2, 0) is 7.05 Å². The Labute approximate surface area is 159 Å². The third-order valence-corrected chi connectivity index (χ3v) is 5.43. The average Bonchev–Trinajstić information content (AvgIpc) is 3.27. The van der Waals surface area contributed by atoms with Crippen LogP contribution in [0.15, 0.2) is 36.5 Å². The molecular formula is C20H27N7. The highest BCUT2D eigenvalue weighted by molar-refractivity contribution is 5.87. The molecule has 7 heteroatoms. The lowest BCUT2D eigenvalue weighted by Gasteiger charge is -2.26. The van der Waals surface area contributed by atoms with Gasteiger partial charge in [0.15, 0.2) is 5.65 Å². The fraction of sp³-hybridized carbons (Fsp3) is 0.450. The first kappa shape index (κ1) is 17.7. The largest absolute Gasteiger partial charge is 0.364 e. The summed E-state index contributed by atoms with van der Waals surface area (Å²) in [7, 11) is 1.90. The number of nitrogens with two attached hydrogens (primary N) is 1. The summed E-state index contributed by atoms with van der Waals surface area (Å²) < 4.78 is 1.78. The molecule has 27 heavy (non-hydrogen) atoms. The molecule has 1 aliphatic carbocycles. The monoisotopic (exact) mass is 365 g/mol. The highest BCUT2D eigenvalue weighted by Crippen LogP contribution is 2.34. The molecule has 1 aliphatic rings. The minimum atomic E-state index is -0.124. The van der Waals surface area contributed by atoms with Gasteiger partial charge in [0.25, 0.3) is 0 Å². The maximum Gasteiger partial charge on any atom is 0.226 e. The van der Waals surface area contributed by atoms with E-state index in [-0.39, 0.29) is 11.6 Å².